The predicted molar refractivity (Wildman–Crippen MR) is 139 cm³/mol. The minimum atomic E-state index is -1.66. The zero-order chi connectivity index (χ0) is 28.6. The highest BCUT2D eigenvalue weighted by Gasteiger charge is 2.45. The van der Waals surface area contributed by atoms with Crippen LogP contribution in [0.15, 0.2) is 36.5 Å². The molecule has 2 aliphatic rings. The summed E-state index contributed by atoms with van der Waals surface area (Å²) >= 11 is 0. The third-order valence-corrected chi connectivity index (χ3v) is 7.29. The molecule has 0 bridgehead atoms. The predicted octanol–water partition coefficient (Wildman–Crippen LogP) is 1.71. The van der Waals surface area contributed by atoms with Gasteiger partial charge in [-0.05, 0) is 39.2 Å². The molecule has 1 fully saturated rings. The minimum Gasteiger partial charge on any atom is -0.459 e. The second kappa shape index (κ2) is 14.5. The maximum atomic E-state index is 12.6. The Morgan fingerprint density at radius 3 is 2.24 bits per heavy atom. The fourth-order valence-corrected chi connectivity index (χ4v) is 4.74. The number of ether oxygens (including phenoxy) is 5. The van der Waals surface area contributed by atoms with Gasteiger partial charge in [-0.15, -0.1) is 0 Å². The highest BCUT2D eigenvalue weighted by atomic mass is 16.7. The van der Waals surface area contributed by atoms with Crippen LogP contribution in [-0.2, 0) is 33.3 Å². The summed E-state index contributed by atoms with van der Waals surface area (Å²) < 4.78 is 28.3. The van der Waals surface area contributed by atoms with Gasteiger partial charge in [-0.3, -0.25) is 4.79 Å². The number of carbonyl (C=O) groups is 2. The summed E-state index contributed by atoms with van der Waals surface area (Å²) in [6, 6.07) is 0. The zero-order valence-corrected chi connectivity index (χ0v) is 23.4. The summed E-state index contributed by atoms with van der Waals surface area (Å²) in [6.45, 7) is 8.40. The van der Waals surface area contributed by atoms with Crippen LogP contribution in [-0.4, -0.2) is 96.4 Å². The molecule has 0 spiro atoms. The van der Waals surface area contributed by atoms with E-state index in [1.165, 1.54) is 39.4 Å². The van der Waals surface area contributed by atoms with E-state index < -0.39 is 78.0 Å². The number of carbonyl (C=O) groups excluding carboxylic acids is 2. The monoisotopic (exact) mass is 540 g/mol. The Bertz CT molecular complexity index is 866. The zero-order valence-electron chi connectivity index (χ0n) is 23.4. The van der Waals surface area contributed by atoms with Gasteiger partial charge in [0.1, 0.15) is 30.0 Å². The van der Waals surface area contributed by atoms with Gasteiger partial charge in [0.05, 0.1) is 18.8 Å². The van der Waals surface area contributed by atoms with E-state index in [1.807, 2.05) is 0 Å². The van der Waals surface area contributed by atoms with Crippen molar-refractivity contribution in [3.63, 3.8) is 0 Å². The average Bonchev–Trinajstić information content (AvgIpc) is 2.86. The summed E-state index contributed by atoms with van der Waals surface area (Å²) in [5, 5.41) is 31.7. The van der Waals surface area contributed by atoms with Gasteiger partial charge in [0.25, 0.3) is 0 Å². The molecule has 216 valence electrons. The first-order chi connectivity index (χ1) is 17.8. The lowest BCUT2D eigenvalue weighted by atomic mass is 9.82. The van der Waals surface area contributed by atoms with E-state index in [-0.39, 0.29) is 13.0 Å². The van der Waals surface area contributed by atoms with Crippen molar-refractivity contribution in [2.45, 2.75) is 89.6 Å². The molecule has 1 saturated heterocycles. The lowest BCUT2D eigenvalue weighted by Gasteiger charge is -2.42. The number of aliphatic hydroxyl groups is 3. The summed E-state index contributed by atoms with van der Waals surface area (Å²) in [7, 11) is 2.94. The quantitative estimate of drug-likeness (QED) is 0.441. The molecule has 0 aliphatic carbocycles. The molecule has 38 heavy (non-hydrogen) atoms. The van der Waals surface area contributed by atoms with Crippen LogP contribution in [0.1, 0.15) is 41.0 Å². The third-order valence-electron chi connectivity index (χ3n) is 7.29. The van der Waals surface area contributed by atoms with Gasteiger partial charge in [0.15, 0.2) is 12.1 Å². The minimum absolute atomic E-state index is 0.0504. The Hall–Kier alpha value is -1.92. The molecule has 2 aliphatic heterocycles. The average molecular weight is 541 g/mol. The molecule has 0 radical (unpaired) electrons. The van der Waals surface area contributed by atoms with Crippen molar-refractivity contribution in [2.24, 2.45) is 17.8 Å². The second-order valence-electron chi connectivity index (χ2n) is 10.5. The molecule has 0 aromatic carbocycles. The fraction of sp³-hybridized carbons (Fsp3) is 0.714. The van der Waals surface area contributed by atoms with Crippen LogP contribution >= 0.6 is 0 Å². The lowest BCUT2D eigenvalue weighted by Crippen LogP contribution is -2.59. The summed E-state index contributed by atoms with van der Waals surface area (Å²) in [5.74, 6) is -2.33. The molecule has 2 rings (SSSR count). The highest BCUT2D eigenvalue weighted by Crippen LogP contribution is 2.28. The number of methoxy groups -OCH3 is 2. The maximum Gasteiger partial charge on any atom is 0.330 e. The number of allylic oxidation sites excluding steroid dienone is 2. The number of cyclic esters (lactones) is 1. The number of aliphatic hydroxyl groups excluding tert-OH is 2. The van der Waals surface area contributed by atoms with Gasteiger partial charge in [-0.25, -0.2) is 4.79 Å². The van der Waals surface area contributed by atoms with E-state index in [2.05, 4.69) is 0 Å². The smallest absolute Gasteiger partial charge is 0.330 e. The van der Waals surface area contributed by atoms with Crippen molar-refractivity contribution in [1.82, 2.24) is 0 Å². The fourth-order valence-electron chi connectivity index (χ4n) is 4.74. The van der Waals surface area contributed by atoms with Gasteiger partial charge < -0.3 is 39.0 Å². The molecule has 10 heteroatoms. The molecule has 0 saturated carbocycles. The highest BCUT2D eigenvalue weighted by molar-refractivity contribution is 5.96. The first kappa shape index (κ1) is 32.3. The number of rotatable bonds is 5. The normalized spacial score (nSPS) is 44.3. The lowest BCUT2D eigenvalue weighted by molar-refractivity contribution is -0.304. The van der Waals surface area contributed by atoms with Crippen LogP contribution in [0.5, 0.6) is 0 Å². The Balaban J connectivity index is 2.27. The van der Waals surface area contributed by atoms with Gasteiger partial charge in [0, 0.05) is 32.1 Å². The van der Waals surface area contributed by atoms with Crippen molar-refractivity contribution in [3.8, 4) is 0 Å². The topological polar surface area (TPSA) is 141 Å². The van der Waals surface area contributed by atoms with Crippen molar-refractivity contribution in [2.75, 3.05) is 20.8 Å². The van der Waals surface area contributed by atoms with Gasteiger partial charge >= 0.3 is 5.97 Å². The van der Waals surface area contributed by atoms with Crippen LogP contribution in [0.4, 0.5) is 0 Å². The molecule has 3 N–H and O–H groups in total. The first-order valence-electron chi connectivity index (χ1n) is 13.0. The number of esters is 1. The standard InChI is InChI=1S/C28H44O10/c1-16-12-13-22(30)37-18(3)20(10-8-9-11-21(29)28(5,33)14-17(2)23(16)31)15-36-27-26(35-7)25(34-6)24(32)19(4)38-27/h8-13,16-20,23-27,31-33H,14-15H2,1-7H3/b10-8+,11-9+,13-12+/t16-,17-,18+,19+,20+,23+,24+,25+,26+,27+,28-/m0/s1. The Kier molecular flexibility index (Phi) is 12.3. The van der Waals surface area contributed by atoms with Crippen LogP contribution in [0, 0.1) is 17.8 Å². The van der Waals surface area contributed by atoms with Crippen LogP contribution in [0.25, 0.3) is 0 Å². The SMILES string of the molecule is CO[C@@H]1[C@H](O)[C@@H](C)O[C@@H](OC[C@H]2/C=C/C=C/C(=O)[C@@](C)(O)C[C@H](C)[C@H](O)[C@@H](C)/C=C/C(=O)O[C@@H]2C)[C@@H]1OC. The van der Waals surface area contributed by atoms with E-state index in [4.69, 9.17) is 23.7 Å². The number of ketones is 1. The Morgan fingerprint density at radius 1 is 0.947 bits per heavy atom. The van der Waals surface area contributed by atoms with E-state index in [0.717, 1.165) is 0 Å². The van der Waals surface area contributed by atoms with Crippen molar-refractivity contribution in [3.05, 3.63) is 36.5 Å². The molecule has 10 nitrogen and oxygen atoms in total. The maximum absolute atomic E-state index is 12.6. The third kappa shape index (κ3) is 8.54. The van der Waals surface area contributed by atoms with Crippen LogP contribution in [0.2, 0.25) is 0 Å². The Labute approximate surface area is 225 Å². The summed E-state index contributed by atoms with van der Waals surface area (Å²) in [5.41, 5.74) is -1.66. The molecule has 0 aromatic heterocycles. The van der Waals surface area contributed by atoms with Crippen molar-refractivity contribution >= 4 is 11.8 Å². The van der Waals surface area contributed by atoms with Gasteiger partial charge in [-0.1, -0.05) is 38.2 Å². The summed E-state index contributed by atoms with van der Waals surface area (Å²) in [4.78, 5) is 25.2. The second-order valence-corrected chi connectivity index (χ2v) is 10.5. The Morgan fingerprint density at radius 2 is 1.61 bits per heavy atom. The van der Waals surface area contributed by atoms with Crippen LogP contribution < -0.4 is 0 Å². The van der Waals surface area contributed by atoms with Gasteiger partial charge in [0.2, 0.25) is 0 Å². The molecular weight excluding hydrogens is 496 g/mol. The number of hydrogen-bond acceptors (Lipinski definition) is 10. The molecule has 0 aromatic rings. The van der Waals surface area contributed by atoms with Gasteiger partial charge in [-0.2, -0.15) is 0 Å². The van der Waals surface area contributed by atoms with E-state index in [0.29, 0.717) is 0 Å². The van der Waals surface area contributed by atoms with Crippen molar-refractivity contribution < 1.29 is 48.6 Å². The molecule has 11 atom stereocenters. The van der Waals surface area contributed by atoms with E-state index in [9.17, 15) is 24.9 Å². The van der Waals surface area contributed by atoms with Crippen LogP contribution in [0.3, 0.4) is 0 Å². The summed E-state index contributed by atoms with van der Waals surface area (Å²) in [6.07, 6.45) is 3.82. The van der Waals surface area contributed by atoms with E-state index in [1.54, 1.807) is 45.9 Å². The molecule has 2 heterocycles. The first-order valence-corrected chi connectivity index (χ1v) is 13.0. The molecular formula is C28H44O10. The largest absolute Gasteiger partial charge is 0.459 e. The van der Waals surface area contributed by atoms with E-state index >= 15 is 0 Å². The number of hydrogen-bond donors (Lipinski definition) is 3. The van der Waals surface area contributed by atoms with Crippen molar-refractivity contribution in [1.29, 1.82) is 0 Å². The molecule has 0 unspecified atom stereocenters. The molecule has 0 amide bonds.